The first-order valence-corrected chi connectivity index (χ1v) is 6.68. The van der Waals surface area contributed by atoms with Crippen LogP contribution in [0.5, 0.6) is 0 Å². The molecular weight excluding hydrogens is 252 g/mol. The molecule has 0 fully saturated rings. The lowest BCUT2D eigenvalue weighted by Crippen LogP contribution is -2.09. The summed E-state index contributed by atoms with van der Waals surface area (Å²) >= 11 is 2.95. The third kappa shape index (κ3) is 1.64. The standard InChI is InChI=1S/C12H8N2OS2/c13-11(15)10-9(8-4-2-6-16-8)7-3-1-5-14-12(7)17-10/h1-6H,(H2,13,15). The second-order valence-corrected chi connectivity index (χ2v) is 5.45. The fourth-order valence-electron chi connectivity index (χ4n) is 1.77. The van der Waals surface area contributed by atoms with Crippen LogP contribution in [0.25, 0.3) is 20.7 Å². The van der Waals surface area contributed by atoms with Crippen LogP contribution < -0.4 is 5.73 Å². The van der Waals surface area contributed by atoms with Gasteiger partial charge in [0.1, 0.15) is 9.71 Å². The zero-order valence-corrected chi connectivity index (χ0v) is 10.3. The molecule has 0 aromatic carbocycles. The molecule has 2 N–H and O–H groups in total. The van der Waals surface area contributed by atoms with Crippen LogP contribution in [0.1, 0.15) is 9.67 Å². The molecule has 0 aliphatic carbocycles. The zero-order valence-electron chi connectivity index (χ0n) is 8.71. The summed E-state index contributed by atoms with van der Waals surface area (Å²) in [6.07, 6.45) is 1.72. The second-order valence-electron chi connectivity index (χ2n) is 3.50. The number of hydrogen-bond acceptors (Lipinski definition) is 4. The molecule has 0 spiro atoms. The third-order valence-electron chi connectivity index (χ3n) is 2.46. The summed E-state index contributed by atoms with van der Waals surface area (Å²) in [5.41, 5.74) is 6.35. The normalized spacial score (nSPS) is 10.8. The molecule has 3 aromatic heterocycles. The van der Waals surface area contributed by atoms with Crippen molar-refractivity contribution in [1.82, 2.24) is 4.98 Å². The number of fused-ring (bicyclic) bond motifs is 1. The summed E-state index contributed by atoms with van der Waals surface area (Å²) in [7, 11) is 0. The van der Waals surface area contributed by atoms with Gasteiger partial charge in [0.2, 0.25) is 0 Å². The van der Waals surface area contributed by atoms with E-state index in [9.17, 15) is 4.79 Å². The number of pyridine rings is 1. The van der Waals surface area contributed by atoms with E-state index < -0.39 is 5.91 Å². The van der Waals surface area contributed by atoms with Crippen molar-refractivity contribution in [2.75, 3.05) is 0 Å². The van der Waals surface area contributed by atoms with Gasteiger partial charge in [0.15, 0.2) is 0 Å². The van der Waals surface area contributed by atoms with Crippen molar-refractivity contribution in [1.29, 1.82) is 0 Å². The maximum atomic E-state index is 11.5. The zero-order chi connectivity index (χ0) is 11.8. The van der Waals surface area contributed by atoms with E-state index in [0.717, 1.165) is 20.7 Å². The molecule has 17 heavy (non-hydrogen) atoms. The highest BCUT2D eigenvalue weighted by atomic mass is 32.1. The Balaban J connectivity index is 2.40. The number of carbonyl (C=O) groups excluding carboxylic acids is 1. The van der Waals surface area contributed by atoms with Gasteiger partial charge in [0.25, 0.3) is 5.91 Å². The minimum absolute atomic E-state index is 0.392. The van der Waals surface area contributed by atoms with Crippen molar-refractivity contribution in [3.05, 3.63) is 40.7 Å². The summed E-state index contributed by atoms with van der Waals surface area (Å²) in [5, 5.41) is 2.98. The van der Waals surface area contributed by atoms with Gasteiger partial charge in [-0.1, -0.05) is 6.07 Å². The van der Waals surface area contributed by atoms with Crippen molar-refractivity contribution in [2.45, 2.75) is 0 Å². The molecule has 0 atom stereocenters. The SMILES string of the molecule is NC(=O)c1sc2ncccc2c1-c1cccs1. The summed E-state index contributed by atoms with van der Waals surface area (Å²) in [6.45, 7) is 0. The van der Waals surface area contributed by atoms with Gasteiger partial charge >= 0.3 is 0 Å². The highest BCUT2D eigenvalue weighted by molar-refractivity contribution is 7.22. The second kappa shape index (κ2) is 3.94. The third-order valence-corrected chi connectivity index (χ3v) is 4.47. The molecule has 0 aliphatic rings. The number of nitrogens with zero attached hydrogens (tertiary/aromatic N) is 1. The van der Waals surface area contributed by atoms with Crippen molar-refractivity contribution in [3.63, 3.8) is 0 Å². The van der Waals surface area contributed by atoms with E-state index in [4.69, 9.17) is 5.73 Å². The molecule has 5 heteroatoms. The van der Waals surface area contributed by atoms with E-state index in [1.807, 2.05) is 29.6 Å². The predicted octanol–water partition coefficient (Wildman–Crippen LogP) is 3.12. The fraction of sp³-hybridized carbons (Fsp3) is 0. The minimum atomic E-state index is -0.392. The summed E-state index contributed by atoms with van der Waals surface area (Å²) in [5.74, 6) is -0.392. The molecule has 0 saturated carbocycles. The number of rotatable bonds is 2. The first-order chi connectivity index (χ1) is 8.27. The predicted molar refractivity (Wildman–Crippen MR) is 71.5 cm³/mol. The van der Waals surface area contributed by atoms with Gasteiger partial charge < -0.3 is 5.73 Å². The van der Waals surface area contributed by atoms with Crippen LogP contribution in [0.4, 0.5) is 0 Å². The lowest BCUT2D eigenvalue weighted by atomic mass is 10.1. The van der Waals surface area contributed by atoms with E-state index in [1.165, 1.54) is 11.3 Å². The van der Waals surface area contributed by atoms with Gasteiger partial charge in [0.05, 0.1) is 0 Å². The monoisotopic (exact) mass is 260 g/mol. The topological polar surface area (TPSA) is 56.0 Å². The Morgan fingerprint density at radius 2 is 2.18 bits per heavy atom. The highest BCUT2D eigenvalue weighted by Crippen LogP contribution is 2.39. The largest absolute Gasteiger partial charge is 0.365 e. The van der Waals surface area contributed by atoms with Crippen molar-refractivity contribution in [3.8, 4) is 10.4 Å². The van der Waals surface area contributed by atoms with Gasteiger partial charge in [0, 0.05) is 22.0 Å². The first-order valence-electron chi connectivity index (χ1n) is 4.98. The molecule has 1 amide bonds. The fourth-order valence-corrected chi connectivity index (χ4v) is 3.64. The van der Waals surface area contributed by atoms with Crippen LogP contribution in [-0.2, 0) is 0 Å². The van der Waals surface area contributed by atoms with E-state index in [1.54, 1.807) is 17.5 Å². The van der Waals surface area contributed by atoms with Gasteiger partial charge in [-0.3, -0.25) is 4.79 Å². The first kappa shape index (κ1) is 10.4. The Morgan fingerprint density at radius 3 is 2.88 bits per heavy atom. The van der Waals surface area contributed by atoms with Gasteiger partial charge in [-0.05, 0) is 23.6 Å². The molecule has 0 bridgehead atoms. The molecule has 0 aliphatic heterocycles. The molecular formula is C12H8N2OS2. The average molecular weight is 260 g/mol. The number of carbonyl (C=O) groups is 1. The average Bonchev–Trinajstić information content (AvgIpc) is 2.94. The summed E-state index contributed by atoms with van der Waals surface area (Å²) < 4.78 is 0. The molecule has 3 nitrogen and oxygen atoms in total. The van der Waals surface area contributed by atoms with E-state index >= 15 is 0 Å². The van der Waals surface area contributed by atoms with E-state index in [2.05, 4.69) is 4.98 Å². The van der Waals surface area contributed by atoms with E-state index in [-0.39, 0.29) is 0 Å². The van der Waals surface area contributed by atoms with Crippen LogP contribution in [0, 0.1) is 0 Å². The molecule has 3 aromatic rings. The lowest BCUT2D eigenvalue weighted by Gasteiger charge is -1.97. The lowest BCUT2D eigenvalue weighted by molar-refractivity contribution is 0.100. The molecule has 0 saturated heterocycles. The van der Waals surface area contributed by atoms with Crippen LogP contribution in [-0.4, -0.2) is 10.9 Å². The number of amides is 1. The summed E-state index contributed by atoms with van der Waals surface area (Å²) in [6, 6.07) is 7.80. The smallest absolute Gasteiger partial charge is 0.259 e. The Morgan fingerprint density at radius 1 is 1.29 bits per heavy atom. The minimum Gasteiger partial charge on any atom is -0.365 e. The van der Waals surface area contributed by atoms with Crippen LogP contribution in [0.2, 0.25) is 0 Å². The number of aromatic nitrogens is 1. The molecule has 3 heterocycles. The Labute approximate surface area is 106 Å². The molecule has 3 rings (SSSR count). The van der Waals surface area contributed by atoms with Gasteiger partial charge in [-0.2, -0.15) is 0 Å². The summed E-state index contributed by atoms with van der Waals surface area (Å²) in [4.78, 5) is 18.3. The number of primary amides is 1. The van der Waals surface area contributed by atoms with Crippen molar-refractivity contribution in [2.24, 2.45) is 5.73 Å². The Kier molecular flexibility index (Phi) is 2.42. The molecule has 0 radical (unpaired) electrons. The molecule has 0 unspecified atom stereocenters. The van der Waals surface area contributed by atoms with Crippen LogP contribution >= 0.6 is 22.7 Å². The highest BCUT2D eigenvalue weighted by Gasteiger charge is 2.18. The maximum Gasteiger partial charge on any atom is 0.259 e. The Hall–Kier alpha value is -1.72. The number of thiophene rings is 2. The number of nitrogens with two attached hydrogens (primary N) is 1. The quantitative estimate of drug-likeness (QED) is 0.769. The van der Waals surface area contributed by atoms with Crippen LogP contribution in [0.15, 0.2) is 35.8 Å². The van der Waals surface area contributed by atoms with Gasteiger partial charge in [-0.25, -0.2) is 4.98 Å². The van der Waals surface area contributed by atoms with Crippen LogP contribution in [0.3, 0.4) is 0 Å². The van der Waals surface area contributed by atoms with E-state index in [0.29, 0.717) is 4.88 Å². The maximum absolute atomic E-state index is 11.5. The number of hydrogen-bond donors (Lipinski definition) is 1. The van der Waals surface area contributed by atoms with Crippen molar-refractivity contribution >= 4 is 38.8 Å². The van der Waals surface area contributed by atoms with Crippen molar-refractivity contribution < 1.29 is 4.79 Å². The van der Waals surface area contributed by atoms with Gasteiger partial charge in [-0.15, -0.1) is 22.7 Å². The molecule has 84 valence electrons. The Bertz CT molecular complexity index is 686.